The monoisotopic (exact) mass is 412 g/mol. The first-order valence-corrected chi connectivity index (χ1v) is 9.96. The molecule has 0 atom stereocenters. The molecule has 0 spiro atoms. The summed E-state index contributed by atoms with van der Waals surface area (Å²) in [5, 5.41) is 0. The Labute approximate surface area is 159 Å². The summed E-state index contributed by atoms with van der Waals surface area (Å²) in [6.07, 6.45) is 7.74. The zero-order chi connectivity index (χ0) is 18.3. The van der Waals surface area contributed by atoms with Crippen LogP contribution in [-0.2, 0) is 25.5 Å². The lowest BCUT2D eigenvalue weighted by atomic mass is 10.1. The van der Waals surface area contributed by atoms with Crippen LogP contribution in [0.4, 0.5) is 0 Å². The lowest BCUT2D eigenvalue weighted by Gasteiger charge is -2.06. The van der Waals surface area contributed by atoms with Gasteiger partial charge in [-0.05, 0) is 24.1 Å². The highest BCUT2D eigenvalue weighted by Gasteiger charge is 2.09. The maximum absolute atomic E-state index is 11.6. The van der Waals surface area contributed by atoms with E-state index in [1.165, 1.54) is 25.7 Å². The van der Waals surface area contributed by atoms with Gasteiger partial charge in [0.05, 0.1) is 26.1 Å². The van der Waals surface area contributed by atoms with Gasteiger partial charge in [-0.15, -0.1) is 0 Å². The molecule has 140 valence electrons. The van der Waals surface area contributed by atoms with Crippen molar-refractivity contribution >= 4 is 27.9 Å². The molecule has 5 heteroatoms. The van der Waals surface area contributed by atoms with Crippen molar-refractivity contribution in [2.45, 2.75) is 64.7 Å². The number of unbranched alkanes of at least 4 members (excludes halogenated alkanes) is 5. The Morgan fingerprint density at radius 2 is 1.56 bits per heavy atom. The first-order valence-electron chi connectivity index (χ1n) is 9.17. The van der Waals surface area contributed by atoms with E-state index >= 15 is 0 Å². The molecular weight excluding hydrogens is 384 g/mol. The number of hydrogen-bond donors (Lipinski definition) is 0. The summed E-state index contributed by atoms with van der Waals surface area (Å²) in [7, 11) is 0. The second kappa shape index (κ2) is 13.9. The number of carbonyl (C=O) groups excluding carboxylic acids is 2. The average Bonchev–Trinajstić information content (AvgIpc) is 2.59. The molecule has 0 saturated carbocycles. The molecule has 0 aliphatic rings. The fourth-order valence-corrected chi connectivity index (χ4v) is 2.84. The average molecular weight is 413 g/mol. The minimum atomic E-state index is -0.355. The van der Waals surface area contributed by atoms with E-state index in [-0.39, 0.29) is 24.8 Å². The van der Waals surface area contributed by atoms with Gasteiger partial charge in [-0.3, -0.25) is 9.59 Å². The van der Waals surface area contributed by atoms with Gasteiger partial charge in [0.2, 0.25) is 0 Å². The van der Waals surface area contributed by atoms with Crippen LogP contribution in [0.5, 0.6) is 0 Å². The molecule has 1 aromatic carbocycles. The Morgan fingerprint density at radius 1 is 0.920 bits per heavy atom. The molecule has 0 heterocycles. The number of hydrogen-bond acceptors (Lipinski definition) is 4. The van der Waals surface area contributed by atoms with Gasteiger partial charge >= 0.3 is 11.9 Å². The van der Waals surface area contributed by atoms with E-state index in [1.807, 2.05) is 24.3 Å². The second-order valence-electron chi connectivity index (χ2n) is 6.09. The molecule has 0 aromatic heterocycles. The highest BCUT2D eigenvalue weighted by Crippen LogP contribution is 2.12. The summed E-state index contributed by atoms with van der Waals surface area (Å²) in [6, 6.07) is 7.87. The lowest BCUT2D eigenvalue weighted by Crippen LogP contribution is -2.12. The van der Waals surface area contributed by atoms with Crippen molar-refractivity contribution in [3.8, 4) is 0 Å². The second-order valence-corrected chi connectivity index (χ2v) is 7.00. The largest absolute Gasteiger partial charge is 0.466 e. The number of ether oxygens (including phenoxy) is 2. The molecule has 4 nitrogen and oxygen atoms in total. The van der Waals surface area contributed by atoms with Crippen molar-refractivity contribution < 1.29 is 19.1 Å². The third kappa shape index (κ3) is 11.8. The van der Waals surface area contributed by atoms with E-state index in [2.05, 4.69) is 22.9 Å². The van der Waals surface area contributed by atoms with E-state index in [1.54, 1.807) is 0 Å². The van der Waals surface area contributed by atoms with Crippen molar-refractivity contribution in [3.63, 3.8) is 0 Å². The van der Waals surface area contributed by atoms with Gasteiger partial charge in [-0.1, -0.05) is 67.1 Å². The lowest BCUT2D eigenvalue weighted by molar-refractivity contribution is -0.150. The number of rotatable bonds is 13. The van der Waals surface area contributed by atoms with Crippen LogP contribution in [0.1, 0.15) is 63.9 Å². The highest BCUT2D eigenvalue weighted by molar-refractivity contribution is 9.10. The Morgan fingerprint density at radius 3 is 2.24 bits per heavy atom. The molecule has 25 heavy (non-hydrogen) atoms. The predicted octanol–water partition coefficient (Wildman–Crippen LogP) is 5.22. The standard InChI is InChI=1S/C20H29BrO4/c1-2-3-4-5-6-7-14-24-19(22)11-12-20(23)25-15-13-17-9-8-10-18(21)16-17/h8-10,16H,2-7,11-15H2,1H3. The topological polar surface area (TPSA) is 52.6 Å². The van der Waals surface area contributed by atoms with Crippen LogP contribution in [0.15, 0.2) is 28.7 Å². The minimum absolute atomic E-state index is 0.0772. The molecule has 0 amide bonds. The molecule has 0 fully saturated rings. The van der Waals surface area contributed by atoms with Crippen LogP contribution >= 0.6 is 15.9 Å². The van der Waals surface area contributed by atoms with Gasteiger partial charge in [-0.25, -0.2) is 0 Å². The highest BCUT2D eigenvalue weighted by atomic mass is 79.9. The van der Waals surface area contributed by atoms with Crippen molar-refractivity contribution in [2.24, 2.45) is 0 Å². The first kappa shape index (κ1) is 21.7. The Bertz CT molecular complexity index is 516. The normalized spacial score (nSPS) is 10.5. The predicted molar refractivity (Wildman–Crippen MR) is 102 cm³/mol. The smallest absolute Gasteiger partial charge is 0.306 e. The van der Waals surface area contributed by atoms with Crippen LogP contribution in [0.25, 0.3) is 0 Å². The van der Waals surface area contributed by atoms with Crippen LogP contribution in [0.3, 0.4) is 0 Å². The molecule has 0 aliphatic carbocycles. The molecule has 0 N–H and O–H groups in total. The number of esters is 2. The Balaban J connectivity index is 2.00. The van der Waals surface area contributed by atoms with Crippen molar-refractivity contribution in [3.05, 3.63) is 34.3 Å². The van der Waals surface area contributed by atoms with E-state index in [9.17, 15) is 9.59 Å². The molecule has 1 aromatic rings. The van der Waals surface area contributed by atoms with Crippen LogP contribution in [0, 0.1) is 0 Å². The number of halogens is 1. The summed E-state index contributed by atoms with van der Waals surface area (Å²) in [6.45, 7) is 2.96. The molecule has 1 rings (SSSR count). The fourth-order valence-electron chi connectivity index (χ4n) is 2.39. The van der Waals surface area contributed by atoms with Gasteiger partial charge < -0.3 is 9.47 Å². The fraction of sp³-hybridized carbons (Fsp3) is 0.600. The molecular formula is C20H29BrO4. The van der Waals surface area contributed by atoms with E-state index < -0.39 is 0 Å². The summed E-state index contributed by atoms with van der Waals surface area (Å²) in [5.41, 5.74) is 1.10. The maximum atomic E-state index is 11.6. The van der Waals surface area contributed by atoms with E-state index in [0.717, 1.165) is 22.9 Å². The maximum Gasteiger partial charge on any atom is 0.306 e. The van der Waals surface area contributed by atoms with Crippen LogP contribution < -0.4 is 0 Å². The van der Waals surface area contributed by atoms with Crippen LogP contribution in [-0.4, -0.2) is 25.2 Å². The van der Waals surface area contributed by atoms with Crippen LogP contribution in [0.2, 0.25) is 0 Å². The van der Waals surface area contributed by atoms with E-state index in [0.29, 0.717) is 19.6 Å². The van der Waals surface area contributed by atoms with E-state index in [4.69, 9.17) is 9.47 Å². The SMILES string of the molecule is CCCCCCCCOC(=O)CCC(=O)OCCc1cccc(Br)c1. The third-order valence-electron chi connectivity index (χ3n) is 3.84. The van der Waals surface area contributed by atoms with Gasteiger partial charge in [0.25, 0.3) is 0 Å². The zero-order valence-corrected chi connectivity index (χ0v) is 16.7. The minimum Gasteiger partial charge on any atom is -0.466 e. The molecule has 0 bridgehead atoms. The first-order chi connectivity index (χ1) is 12.1. The number of carbonyl (C=O) groups is 2. The summed E-state index contributed by atoms with van der Waals surface area (Å²) in [4.78, 5) is 23.2. The number of benzene rings is 1. The van der Waals surface area contributed by atoms with Crippen molar-refractivity contribution in [1.82, 2.24) is 0 Å². The summed E-state index contributed by atoms with van der Waals surface area (Å²) in [5.74, 6) is -0.677. The zero-order valence-electron chi connectivity index (χ0n) is 15.1. The van der Waals surface area contributed by atoms with Gasteiger partial charge in [0.15, 0.2) is 0 Å². The van der Waals surface area contributed by atoms with Gasteiger partial charge in [-0.2, -0.15) is 0 Å². The molecule has 0 radical (unpaired) electrons. The third-order valence-corrected chi connectivity index (χ3v) is 4.33. The summed E-state index contributed by atoms with van der Waals surface area (Å²) < 4.78 is 11.3. The van der Waals surface area contributed by atoms with Crippen molar-refractivity contribution in [1.29, 1.82) is 0 Å². The van der Waals surface area contributed by atoms with Crippen molar-refractivity contribution in [2.75, 3.05) is 13.2 Å². The van der Waals surface area contributed by atoms with Gasteiger partial charge in [0.1, 0.15) is 0 Å². The summed E-state index contributed by atoms with van der Waals surface area (Å²) >= 11 is 3.41. The van der Waals surface area contributed by atoms with Gasteiger partial charge in [0, 0.05) is 10.9 Å². The Kier molecular flexibility index (Phi) is 12.0. The quantitative estimate of drug-likeness (QED) is 0.329. The Hall–Kier alpha value is -1.36. The molecule has 0 unspecified atom stereocenters. The molecule has 0 saturated heterocycles. The molecule has 0 aliphatic heterocycles.